The van der Waals surface area contributed by atoms with Crippen LogP contribution >= 0.6 is 39.1 Å². The first-order valence-electron chi connectivity index (χ1n) is 12.4. The van der Waals surface area contributed by atoms with Gasteiger partial charge in [-0.25, -0.2) is 9.78 Å². The van der Waals surface area contributed by atoms with E-state index in [1.165, 1.54) is 0 Å². The molecule has 1 atom stereocenters. The summed E-state index contributed by atoms with van der Waals surface area (Å²) in [7, 11) is 0. The van der Waals surface area contributed by atoms with Gasteiger partial charge in [0.05, 0.1) is 37.8 Å². The Bertz CT molecular complexity index is 1400. The SMILES string of the molecule is CCOC(=O)[C@H](Cc1ccc2nc(-c3c(Cl)cncc3Cl)ccc2c1)NC1=C(Br)C(=O)C12CCCCC2. The molecule has 2 aliphatic carbocycles. The fourth-order valence-corrected chi connectivity index (χ4v) is 6.79. The van der Waals surface area contributed by atoms with Gasteiger partial charge in [0, 0.05) is 35.5 Å². The number of Topliss-reactive ketones (excluding diaryl/α,β-unsaturated/α-hetero) is 1. The molecular weight excluding hydrogens is 577 g/mol. The van der Waals surface area contributed by atoms with Crippen LogP contribution in [0.3, 0.4) is 0 Å². The number of hydrogen-bond donors (Lipinski definition) is 1. The molecule has 6 nitrogen and oxygen atoms in total. The van der Waals surface area contributed by atoms with Gasteiger partial charge in [-0.15, -0.1) is 0 Å². The minimum atomic E-state index is -0.617. The van der Waals surface area contributed by atoms with Gasteiger partial charge in [0.25, 0.3) is 0 Å². The minimum absolute atomic E-state index is 0.138. The standard InChI is InChI=1S/C28H26BrCl2N3O3/c1-2-37-27(36)22(34-25-24(29)26(35)28(25)10-4-3-5-11-28)13-16-6-8-20-17(12-16)7-9-21(33-20)23-18(30)14-32-15-19(23)31/h6-9,12,14-15,22,34H,2-5,10-11,13H2,1H3/t22-/m0/s1. The van der Waals surface area contributed by atoms with Gasteiger partial charge in [0.1, 0.15) is 6.04 Å². The first-order valence-corrected chi connectivity index (χ1v) is 14.0. The van der Waals surface area contributed by atoms with Crippen LogP contribution in [-0.2, 0) is 20.7 Å². The number of nitrogens with one attached hydrogen (secondary N) is 1. The molecule has 1 spiro atoms. The van der Waals surface area contributed by atoms with E-state index in [1.807, 2.05) is 30.3 Å². The van der Waals surface area contributed by atoms with Gasteiger partial charge < -0.3 is 10.1 Å². The number of pyridine rings is 2. The van der Waals surface area contributed by atoms with Gasteiger partial charge in [0.15, 0.2) is 5.78 Å². The van der Waals surface area contributed by atoms with Gasteiger partial charge in [-0.2, -0.15) is 0 Å². The fourth-order valence-electron chi connectivity index (χ4n) is 5.36. The molecule has 1 N–H and O–H groups in total. The molecule has 0 aliphatic heterocycles. The Labute approximate surface area is 233 Å². The largest absolute Gasteiger partial charge is 0.464 e. The second-order valence-electron chi connectivity index (χ2n) is 9.52. The zero-order valence-corrected chi connectivity index (χ0v) is 23.4. The first-order chi connectivity index (χ1) is 17.8. The maximum atomic E-state index is 13.0. The van der Waals surface area contributed by atoms with Crippen molar-refractivity contribution in [2.75, 3.05) is 6.61 Å². The summed E-state index contributed by atoms with van der Waals surface area (Å²) in [5.74, 6) is -0.199. The van der Waals surface area contributed by atoms with E-state index in [2.05, 4.69) is 26.2 Å². The molecule has 2 aromatic heterocycles. The molecule has 37 heavy (non-hydrogen) atoms. The molecular formula is C28H26BrCl2N3O3. The van der Waals surface area contributed by atoms with E-state index in [0.29, 0.717) is 32.2 Å². The van der Waals surface area contributed by atoms with Crippen molar-refractivity contribution in [2.24, 2.45) is 5.41 Å². The van der Waals surface area contributed by atoms with Crippen LogP contribution in [0.1, 0.15) is 44.6 Å². The molecule has 0 saturated heterocycles. The molecule has 2 heterocycles. The summed E-state index contributed by atoms with van der Waals surface area (Å²) >= 11 is 16.1. The number of aromatic nitrogens is 2. The average molecular weight is 603 g/mol. The summed E-state index contributed by atoms with van der Waals surface area (Å²) in [4.78, 5) is 34.5. The molecule has 0 amide bonds. The van der Waals surface area contributed by atoms with E-state index in [4.69, 9.17) is 32.9 Å². The summed E-state index contributed by atoms with van der Waals surface area (Å²) < 4.78 is 5.94. The summed E-state index contributed by atoms with van der Waals surface area (Å²) in [5.41, 5.74) is 3.37. The second kappa shape index (κ2) is 10.7. The lowest BCUT2D eigenvalue weighted by Gasteiger charge is -2.46. The molecule has 2 aliphatic rings. The molecule has 0 unspecified atom stereocenters. The normalized spacial score (nSPS) is 17.6. The molecule has 1 aromatic carbocycles. The molecule has 1 fully saturated rings. The van der Waals surface area contributed by atoms with Crippen molar-refractivity contribution in [1.29, 1.82) is 0 Å². The third-order valence-electron chi connectivity index (χ3n) is 7.23. The lowest BCUT2D eigenvalue weighted by molar-refractivity contribution is -0.146. The minimum Gasteiger partial charge on any atom is -0.464 e. The maximum absolute atomic E-state index is 13.0. The Hall–Kier alpha value is -2.48. The van der Waals surface area contributed by atoms with Crippen LogP contribution in [0.4, 0.5) is 0 Å². The third-order valence-corrected chi connectivity index (χ3v) is 8.56. The van der Waals surface area contributed by atoms with Crippen LogP contribution < -0.4 is 5.32 Å². The van der Waals surface area contributed by atoms with E-state index in [1.54, 1.807) is 19.3 Å². The Morgan fingerprint density at radius 3 is 2.57 bits per heavy atom. The monoisotopic (exact) mass is 601 g/mol. The van der Waals surface area contributed by atoms with Crippen molar-refractivity contribution in [1.82, 2.24) is 15.3 Å². The summed E-state index contributed by atoms with van der Waals surface area (Å²) in [6.07, 6.45) is 8.28. The Morgan fingerprint density at radius 2 is 1.86 bits per heavy atom. The lowest BCUT2D eigenvalue weighted by atomic mass is 9.62. The number of carbonyl (C=O) groups excluding carboxylic acids is 2. The van der Waals surface area contributed by atoms with Gasteiger partial charge in [-0.1, -0.05) is 54.6 Å². The Morgan fingerprint density at radius 1 is 1.14 bits per heavy atom. The van der Waals surface area contributed by atoms with Crippen LogP contribution in [0.15, 0.2) is 52.9 Å². The number of carbonyl (C=O) groups is 2. The highest BCUT2D eigenvalue weighted by Gasteiger charge is 2.53. The van der Waals surface area contributed by atoms with Gasteiger partial charge in [-0.3, -0.25) is 9.78 Å². The van der Waals surface area contributed by atoms with E-state index in [0.717, 1.165) is 54.3 Å². The molecule has 1 saturated carbocycles. The molecule has 5 rings (SSSR count). The molecule has 3 aromatic rings. The van der Waals surface area contributed by atoms with Crippen LogP contribution in [0.2, 0.25) is 10.0 Å². The van der Waals surface area contributed by atoms with Gasteiger partial charge >= 0.3 is 5.97 Å². The number of benzene rings is 1. The highest BCUT2D eigenvalue weighted by atomic mass is 79.9. The smallest absolute Gasteiger partial charge is 0.328 e. The predicted molar refractivity (Wildman–Crippen MR) is 149 cm³/mol. The molecule has 192 valence electrons. The van der Waals surface area contributed by atoms with Crippen molar-refractivity contribution >= 4 is 61.8 Å². The number of esters is 1. The maximum Gasteiger partial charge on any atom is 0.328 e. The summed E-state index contributed by atoms with van der Waals surface area (Å²) in [6.45, 7) is 2.08. The van der Waals surface area contributed by atoms with E-state index >= 15 is 0 Å². The number of ketones is 1. The molecule has 9 heteroatoms. The van der Waals surface area contributed by atoms with E-state index in [-0.39, 0.29) is 18.4 Å². The van der Waals surface area contributed by atoms with E-state index in [9.17, 15) is 9.59 Å². The first kappa shape index (κ1) is 26.1. The van der Waals surface area contributed by atoms with Crippen molar-refractivity contribution in [3.8, 4) is 11.3 Å². The topological polar surface area (TPSA) is 81.2 Å². The second-order valence-corrected chi connectivity index (χ2v) is 11.1. The number of ether oxygens (including phenoxy) is 1. The van der Waals surface area contributed by atoms with E-state index < -0.39 is 11.5 Å². The number of hydrogen-bond acceptors (Lipinski definition) is 6. The van der Waals surface area contributed by atoms with Gasteiger partial charge in [-0.05, 0) is 59.5 Å². The number of allylic oxidation sites excluding steroid dienone is 2. The van der Waals surface area contributed by atoms with Crippen molar-refractivity contribution in [2.45, 2.75) is 51.5 Å². The highest BCUT2D eigenvalue weighted by Crippen LogP contribution is 2.53. The lowest BCUT2D eigenvalue weighted by Crippen LogP contribution is -2.53. The number of fused-ring (bicyclic) bond motifs is 1. The van der Waals surface area contributed by atoms with Crippen LogP contribution in [0.5, 0.6) is 0 Å². The fraction of sp³-hybridized carbons (Fsp3) is 0.357. The predicted octanol–water partition coefficient (Wildman–Crippen LogP) is 6.81. The molecule has 0 radical (unpaired) electrons. The number of nitrogens with zero attached hydrogens (tertiary/aromatic N) is 2. The number of rotatable bonds is 7. The van der Waals surface area contributed by atoms with Crippen LogP contribution in [-0.4, -0.2) is 34.4 Å². The Kier molecular flexibility index (Phi) is 7.57. The highest BCUT2D eigenvalue weighted by molar-refractivity contribution is 9.12. The zero-order chi connectivity index (χ0) is 26.2. The average Bonchev–Trinajstić information content (AvgIpc) is 2.91. The van der Waals surface area contributed by atoms with Crippen molar-refractivity contribution < 1.29 is 14.3 Å². The number of halogens is 3. The summed E-state index contributed by atoms with van der Waals surface area (Å²) in [5, 5.41) is 5.20. The summed E-state index contributed by atoms with van der Waals surface area (Å²) in [6, 6.07) is 9.10. The molecule has 0 bridgehead atoms. The van der Waals surface area contributed by atoms with Crippen LogP contribution in [0.25, 0.3) is 22.2 Å². The van der Waals surface area contributed by atoms with Crippen LogP contribution in [0, 0.1) is 5.41 Å². The van der Waals surface area contributed by atoms with Crippen molar-refractivity contribution in [3.63, 3.8) is 0 Å². The van der Waals surface area contributed by atoms with Gasteiger partial charge in [0.2, 0.25) is 0 Å². The third kappa shape index (κ3) is 4.89. The quantitative estimate of drug-likeness (QED) is 0.299. The van der Waals surface area contributed by atoms with Crippen molar-refractivity contribution in [3.05, 3.63) is 68.5 Å². The zero-order valence-electron chi connectivity index (χ0n) is 20.3. The Balaban J connectivity index is 1.42.